The van der Waals surface area contributed by atoms with Crippen molar-refractivity contribution in [2.75, 3.05) is 11.9 Å². The highest BCUT2D eigenvalue weighted by atomic mass is 16.5. The molecule has 0 spiro atoms. The van der Waals surface area contributed by atoms with E-state index in [2.05, 4.69) is 34.3 Å². The minimum Gasteiger partial charge on any atom is -0.494 e. The van der Waals surface area contributed by atoms with E-state index in [1.165, 1.54) is 0 Å². The molecule has 1 N–H and O–H groups in total. The van der Waals surface area contributed by atoms with Gasteiger partial charge >= 0.3 is 6.03 Å². The number of nitrogens with one attached hydrogen (secondary N) is 1. The van der Waals surface area contributed by atoms with E-state index in [-0.39, 0.29) is 12.1 Å². The van der Waals surface area contributed by atoms with Crippen LogP contribution in [0.5, 0.6) is 5.75 Å². The van der Waals surface area contributed by atoms with Crippen molar-refractivity contribution in [3.05, 3.63) is 114 Å². The number of para-hydroxylation sites is 2. The molecule has 5 nitrogen and oxygen atoms in total. The summed E-state index contributed by atoms with van der Waals surface area (Å²) >= 11 is 0. The molecule has 0 bridgehead atoms. The van der Waals surface area contributed by atoms with Crippen LogP contribution in [0.3, 0.4) is 0 Å². The van der Waals surface area contributed by atoms with E-state index in [0.29, 0.717) is 13.2 Å². The van der Waals surface area contributed by atoms with Crippen molar-refractivity contribution in [3.63, 3.8) is 0 Å². The quantitative estimate of drug-likeness (QED) is 0.437. The van der Waals surface area contributed by atoms with E-state index in [1.807, 2.05) is 84.6 Å². The number of anilines is 1. The summed E-state index contributed by atoms with van der Waals surface area (Å²) in [6.45, 7) is 3.08. The number of fused-ring (bicyclic) bond motifs is 3. The maximum atomic E-state index is 13.6. The van der Waals surface area contributed by atoms with Gasteiger partial charge in [-0.3, -0.25) is 0 Å². The summed E-state index contributed by atoms with van der Waals surface area (Å²) in [6.07, 6.45) is 2.06. The Morgan fingerprint density at radius 1 is 0.938 bits per heavy atom. The van der Waals surface area contributed by atoms with Gasteiger partial charge in [0, 0.05) is 17.6 Å². The van der Waals surface area contributed by atoms with Gasteiger partial charge in [-0.15, -0.1) is 0 Å². The molecule has 0 saturated heterocycles. The monoisotopic (exact) mass is 423 g/mol. The van der Waals surface area contributed by atoms with Crippen molar-refractivity contribution in [1.29, 1.82) is 0 Å². The van der Waals surface area contributed by atoms with Crippen LogP contribution < -0.4 is 10.1 Å². The predicted molar refractivity (Wildman–Crippen MR) is 126 cm³/mol. The van der Waals surface area contributed by atoms with Crippen LogP contribution in [-0.2, 0) is 6.54 Å². The van der Waals surface area contributed by atoms with Gasteiger partial charge in [0.15, 0.2) is 0 Å². The molecule has 2 heterocycles. The Bertz CT molecular complexity index is 1220. The zero-order valence-corrected chi connectivity index (χ0v) is 17.9. The van der Waals surface area contributed by atoms with Gasteiger partial charge in [-0.1, -0.05) is 48.5 Å². The molecular weight excluding hydrogens is 398 g/mol. The number of ether oxygens (including phenoxy) is 1. The van der Waals surface area contributed by atoms with E-state index in [0.717, 1.165) is 33.9 Å². The topological polar surface area (TPSA) is 46.5 Å². The molecule has 1 aliphatic heterocycles. The Morgan fingerprint density at radius 3 is 2.47 bits per heavy atom. The lowest BCUT2D eigenvalue weighted by Gasteiger charge is -2.31. The molecule has 1 aliphatic rings. The van der Waals surface area contributed by atoms with E-state index in [4.69, 9.17) is 4.74 Å². The Hall–Kier alpha value is -3.99. The van der Waals surface area contributed by atoms with Gasteiger partial charge in [-0.2, -0.15) is 0 Å². The number of carbonyl (C=O) groups excluding carboxylic acids is 1. The molecule has 32 heavy (non-hydrogen) atoms. The minimum atomic E-state index is -0.253. The Balaban J connectivity index is 1.60. The van der Waals surface area contributed by atoms with Gasteiger partial charge in [-0.05, 0) is 60.5 Å². The molecule has 5 rings (SSSR count). The lowest BCUT2D eigenvalue weighted by molar-refractivity contribution is 0.194. The number of hydrogen-bond acceptors (Lipinski definition) is 2. The minimum absolute atomic E-state index is 0.139. The number of aromatic nitrogens is 1. The second-order valence-electron chi connectivity index (χ2n) is 7.76. The highest BCUT2D eigenvalue weighted by molar-refractivity contribution is 5.90. The highest BCUT2D eigenvalue weighted by Crippen LogP contribution is 2.37. The highest BCUT2D eigenvalue weighted by Gasteiger charge is 2.33. The van der Waals surface area contributed by atoms with Crippen LogP contribution in [-0.4, -0.2) is 22.1 Å². The lowest BCUT2D eigenvalue weighted by Crippen LogP contribution is -2.37. The number of urea groups is 1. The number of amides is 2. The average molecular weight is 424 g/mol. The molecule has 5 heteroatoms. The SMILES string of the molecule is CCOc1ccc(C2c3cccn3-c3ccccc3CN2C(=O)Nc2ccccc2)cc1. The van der Waals surface area contributed by atoms with Crippen LogP contribution >= 0.6 is 0 Å². The molecular formula is C27H25N3O2. The number of hydrogen-bond donors (Lipinski definition) is 1. The first kappa shape index (κ1) is 19.9. The fourth-order valence-corrected chi connectivity index (χ4v) is 4.32. The van der Waals surface area contributed by atoms with Crippen molar-refractivity contribution in [2.24, 2.45) is 0 Å². The van der Waals surface area contributed by atoms with E-state index in [9.17, 15) is 4.79 Å². The maximum absolute atomic E-state index is 13.6. The molecule has 1 unspecified atom stereocenters. The number of carbonyl (C=O) groups is 1. The second-order valence-corrected chi connectivity index (χ2v) is 7.76. The van der Waals surface area contributed by atoms with Crippen molar-refractivity contribution in [1.82, 2.24) is 9.47 Å². The third kappa shape index (κ3) is 3.73. The van der Waals surface area contributed by atoms with Crippen LogP contribution in [0.1, 0.15) is 29.8 Å². The first-order chi connectivity index (χ1) is 15.7. The molecule has 1 aromatic heterocycles. The molecule has 2 amide bonds. The van der Waals surface area contributed by atoms with Gasteiger partial charge in [0.1, 0.15) is 5.75 Å². The van der Waals surface area contributed by atoms with Crippen molar-refractivity contribution >= 4 is 11.7 Å². The van der Waals surface area contributed by atoms with Crippen LogP contribution in [0, 0.1) is 0 Å². The van der Waals surface area contributed by atoms with Gasteiger partial charge in [0.25, 0.3) is 0 Å². The molecule has 0 fully saturated rings. The maximum Gasteiger partial charge on any atom is 0.322 e. The molecule has 1 atom stereocenters. The molecule has 0 aliphatic carbocycles. The third-order valence-electron chi connectivity index (χ3n) is 5.76. The van der Waals surface area contributed by atoms with Gasteiger partial charge in [-0.25, -0.2) is 4.79 Å². The summed E-state index contributed by atoms with van der Waals surface area (Å²) in [6, 6.07) is 29.6. The first-order valence-electron chi connectivity index (χ1n) is 10.9. The summed E-state index contributed by atoms with van der Waals surface area (Å²) in [5.74, 6) is 0.823. The lowest BCUT2D eigenvalue weighted by atomic mass is 10.0. The summed E-state index contributed by atoms with van der Waals surface area (Å²) in [4.78, 5) is 15.5. The normalized spacial score (nSPS) is 14.8. The molecule has 4 aromatic rings. The van der Waals surface area contributed by atoms with Crippen LogP contribution in [0.2, 0.25) is 0 Å². The largest absolute Gasteiger partial charge is 0.494 e. The number of rotatable bonds is 4. The van der Waals surface area contributed by atoms with Crippen molar-refractivity contribution < 1.29 is 9.53 Å². The Kier molecular flexibility index (Phi) is 5.38. The molecule has 0 saturated carbocycles. The summed E-state index contributed by atoms with van der Waals surface area (Å²) < 4.78 is 7.82. The summed E-state index contributed by atoms with van der Waals surface area (Å²) in [5, 5.41) is 3.08. The number of nitrogens with zero attached hydrogens (tertiary/aromatic N) is 2. The van der Waals surface area contributed by atoms with Gasteiger partial charge < -0.3 is 19.5 Å². The van der Waals surface area contributed by atoms with Crippen LogP contribution in [0.25, 0.3) is 5.69 Å². The zero-order valence-electron chi connectivity index (χ0n) is 17.9. The molecule has 3 aromatic carbocycles. The summed E-state index contributed by atoms with van der Waals surface area (Å²) in [5.41, 5.74) is 5.04. The van der Waals surface area contributed by atoms with Crippen LogP contribution in [0.4, 0.5) is 10.5 Å². The first-order valence-corrected chi connectivity index (χ1v) is 10.9. The standard InChI is InChI=1S/C27H25N3O2/c1-2-32-23-16-14-20(15-17-23)26-25-13-8-18-29(25)24-12-7-6-9-21(24)19-30(26)27(31)28-22-10-4-3-5-11-22/h3-18,26H,2,19H2,1H3,(H,28,31). The predicted octanol–water partition coefficient (Wildman–Crippen LogP) is 6.01. The third-order valence-corrected chi connectivity index (χ3v) is 5.76. The fourth-order valence-electron chi connectivity index (χ4n) is 4.32. The number of benzene rings is 3. The van der Waals surface area contributed by atoms with E-state index >= 15 is 0 Å². The Morgan fingerprint density at radius 2 is 1.69 bits per heavy atom. The molecule has 0 radical (unpaired) electrons. The van der Waals surface area contributed by atoms with Gasteiger partial charge in [0.05, 0.1) is 24.9 Å². The summed E-state index contributed by atoms with van der Waals surface area (Å²) in [7, 11) is 0. The van der Waals surface area contributed by atoms with E-state index < -0.39 is 0 Å². The van der Waals surface area contributed by atoms with E-state index in [1.54, 1.807) is 0 Å². The zero-order chi connectivity index (χ0) is 21.9. The smallest absolute Gasteiger partial charge is 0.322 e. The second kappa shape index (κ2) is 8.63. The Labute approximate surface area is 187 Å². The fraction of sp³-hybridized carbons (Fsp3) is 0.148. The molecule has 160 valence electrons. The van der Waals surface area contributed by atoms with Crippen molar-refractivity contribution in [3.8, 4) is 11.4 Å². The van der Waals surface area contributed by atoms with Crippen LogP contribution in [0.15, 0.2) is 97.2 Å². The van der Waals surface area contributed by atoms with Crippen molar-refractivity contribution in [2.45, 2.75) is 19.5 Å². The average Bonchev–Trinajstić information content (AvgIpc) is 3.25. The van der Waals surface area contributed by atoms with Gasteiger partial charge in [0.2, 0.25) is 0 Å².